The number of hydrogen-bond donors (Lipinski definition) is 2. The second-order valence-corrected chi connectivity index (χ2v) is 10.1. The molecule has 0 saturated heterocycles. The molecule has 2 aromatic heterocycles. The zero-order valence-corrected chi connectivity index (χ0v) is 21.7. The number of nitrogens with zero attached hydrogens (tertiary/aromatic N) is 2. The highest BCUT2D eigenvalue weighted by atomic mass is 127. The van der Waals surface area contributed by atoms with Crippen LogP contribution in [-0.2, 0) is 28.2 Å². The van der Waals surface area contributed by atoms with Crippen LogP contribution in [0.3, 0.4) is 0 Å². The van der Waals surface area contributed by atoms with E-state index in [1.807, 2.05) is 12.3 Å². The lowest BCUT2D eigenvalue weighted by Gasteiger charge is -2.16. The van der Waals surface area contributed by atoms with Crippen molar-refractivity contribution in [3.05, 3.63) is 63.0 Å². The maximum absolute atomic E-state index is 13.0. The van der Waals surface area contributed by atoms with Gasteiger partial charge in [0.05, 0.1) is 16.8 Å². The van der Waals surface area contributed by atoms with E-state index in [9.17, 15) is 4.79 Å². The minimum atomic E-state index is -0.0831. The van der Waals surface area contributed by atoms with Crippen LogP contribution in [-0.4, -0.2) is 28.3 Å². The van der Waals surface area contributed by atoms with Crippen molar-refractivity contribution in [2.75, 3.05) is 6.54 Å². The molecule has 5 nitrogen and oxygen atoms in total. The molecule has 30 heavy (non-hydrogen) atoms. The van der Waals surface area contributed by atoms with E-state index < -0.39 is 0 Å². The molecule has 0 radical (unpaired) electrons. The maximum atomic E-state index is 13.0. The molecule has 158 valence electrons. The number of carbonyl (C=O) groups is 1. The van der Waals surface area contributed by atoms with Gasteiger partial charge in [-0.1, -0.05) is 69.4 Å². The van der Waals surface area contributed by atoms with Gasteiger partial charge in [0.2, 0.25) is 0 Å². The smallest absolute Gasteiger partial charge is 0.261 e. The summed E-state index contributed by atoms with van der Waals surface area (Å²) in [6.45, 7) is 1.34. The van der Waals surface area contributed by atoms with Crippen LogP contribution >= 0.6 is 56.5 Å². The molecule has 1 atom stereocenters. The molecule has 1 aliphatic heterocycles. The first kappa shape index (κ1) is 22.2. The summed E-state index contributed by atoms with van der Waals surface area (Å²) in [5, 5.41) is 7.71. The molecule has 1 unspecified atom stereocenters. The second-order valence-electron chi connectivity index (χ2n) is 7.49. The van der Waals surface area contributed by atoms with Crippen molar-refractivity contribution in [2.24, 2.45) is 5.73 Å². The number of amides is 1. The molecule has 0 saturated carbocycles. The van der Waals surface area contributed by atoms with Crippen molar-refractivity contribution in [2.45, 2.75) is 40.7 Å². The van der Waals surface area contributed by atoms with Crippen LogP contribution in [0.4, 0.5) is 0 Å². The van der Waals surface area contributed by atoms with Gasteiger partial charge >= 0.3 is 0 Å². The molecule has 3 aromatic rings. The lowest BCUT2D eigenvalue weighted by atomic mass is 10.0. The summed E-state index contributed by atoms with van der Waals surface area (Å²) in [6.07, 6.45) is 4.73. The van der Waals surface area contributed by atoms with Gasteiger partial charge in [0.25, 0.3) is 5.91 Å². The number of aromatic nitrogens is 2. The number of nitrogens with one attached hydrogen (secondary N) is 1. The van der Waals surface area contributed by atoms with Crippen LogP contribution in [0, 0.1) is 0 Å². The summed E-state index contributed by atoms with van der Waals surface area (Å²) >= 11 is 6.35. The Bertz CT molecular complexity index is 1030. The van der Waals surface area contributed by atoms with E-state index in [-0.39, 0.29) is 11.9 Å². The van der Waals surface area contributed by atoms with Crippen LogP contribution in [0.1, 0.15) is 37.7 Å². The van der Waals surface area contributed by atoms with Crippen LogP contribution < -0.4 is 11.1 Å². The van der Waals surface area contributed by atoms with Gasteiger partial charge in [-0.25, -0.2) is 0 Å². The van der Waals surface area contributed by atoms with Crippen LogP contribution in [0.5, 0.6) is 0 Å². The number of fused-ring (bicyclic) bond motifs is 3. The third-order valence-corrected chi connectivity index (χ3v) is 8.30. The summed E-state index contributed by atoms with van der Waals surface area (Å²) in [7, 11) is 0. The Morgan fingerprint density at radius 3 is 2.70 bits per heavy atom. The monoisotopic (exact) mass is 646 g/mol. The summed E-state index contributed by atoms with van der Waals surface area (Å²) in [5.41, 5.74) is 12.1. The minimum absolute atomic E-state index is 0.0329. The van der Waals surface area contributed by atoms with Gasteiger partial charge in [0.15, 0.2) is 0 Å². The number of thiophene rings is 1. The van der Waals surface area contributed by atoms with Crippen LogP contribution in [0.25, 0.3) is 11.3 Å². The van der Waals surface area contributed by atoms with Crippen molar-refractivity contribution < 1.29 is 4.79 Å². The first-order chi connectivity index (χ1) is 14.6. The predicted octanol–water partition coefficient (Wildman–Crippen LogP) is 4.73. The van der Waals surface area contributed by atoms with Gasteiger partial charge < -0.3 is 11.1 Å². The summed E-state index contributed by atoms with van der Waals surface area (Å²) in [6, 6.07) is 10.5. The van der Waals surface area contributed by atoms with E-state index in [0.29, 0.717) is 6.54 Å². The molecule has 0 fully saturated rings. The zero-order chi connectivity index (χ0) is 21.1. The van der Waals surface area contributed by atoms with E-state index in [0.717, 1.165) is 39.5 Å². The number of aryl methyl sites for hydroxylation is 2. The van der Waals surface area contributed by atoms with Crippen molar-refractivity contribution in [3.63, 3.8) is 0 Å². The molecule has 0 spiro atoms. The Morgan fingerprint density at radius 1 is 1.23 bits per heavy atom. The summed E-state index contributed by atoms with van der Waals surface area (Å²) < 4.78 is 4.00. The largest absolute Gasteiger partial charge is 0.347 e. The van der Waals surface area contributed by atoms with Crippen molar-refractivity contribution in [1.82, 2.24) is 15.1 Å². The van der Waals surface area contributed by atoms with E-state index in [2.05, 4.69) is 84.5 Å². The fraction of sp³-hybridized carbons (Fsp3) is 0.364. The Hall–Kier alpha value is -0.980. The molecule has 3 heterocycles. The highest BCUT2D eigenvalue weighted by molar-refractivity contribution is 14.1. The zero-order valence-electron chi connectivity index (χ0n) is 16.5. The topological polar surface area (TPSA) is 72.9 Å². The Morgan fingerprint density at radius 2 is 2.00 bits per heavy atom. The van der Waals surface area contributed by atoms with Gasteiger partial charge in [-0.3, -0.25) is 9.48 Å². The highest BCUT2D eigenvalue weighted by Crippen LogP contribution is 2.37. The third kappa shape index (κ3) is 4.76. The van der Waals surface area contributed by atoms with E-state index in [1.165, 1.54) is 32.8 Å². The second kappa shape index (κ2) is 10.1. The van der Waals surface area contributed by atoms with Crippen LogP contribution in [0.15, 0.2) is 36.5 Å². The molecular formula is C22H24I2N4OS. The van der Waals surface area contributed by atoms with E-state index >= 15 is 0 Å². The minimum Gasteiger partial charge on any atom is -0.347 e. The Labute approximate surface area is 208 Å². The number of rotatable bonds is 7. The molecule has 3 N–H and O–H groups in total. The third-order valence-electron chi connectivity index (χ3n) is 5.40. The quantitative estimate of drug-likeness (QED) is 0.288. The number of hydrogen-bond acceptors (Lipinski definition) is 4. The van der Waals surface area contributed by atoms with Gasteiger partial charge in [-0.05, 0) is 36.5 Å². The van der Waals surface area contributed by atoms with Gasteiger partial charge in [-0.2, -0.15) is 5.10 Å². The SMILES string of the molecule is NCC(Cc1ccc(CI)cc1)NC(=O)c1cc2c(s1)CCCn1ncc(CI)c1-2. The number of nitrogens with two attached hydrogens (primary N) is 1. The molecule has 1 amide bonds. The number of alkyl halides is 2. The van der Waals surface area contributed by atoms with Gasteiger partial charge in [0, 0.05) is 44.0 Å². The van der Waals surface area contributed by atoms with E-state index in [1.54, 1.807) is 11.3 Å². The summed E-state index contributed by atoms with van der Waals surface area (Å²) in [5.74, 6) is -0.0329. The standard InChI is InChI=1S/C22H24I2N4OS/c23-10-15-5-3-14(4-6-15)8-17(12-25)27-22(29)20-9-18-19(30-20)2-1-7-28-21(18)16(11-24)13-26-28/h3-6,9,13,17H,1-2,7-8,10-12,25H2,(H,27,29). The predicted molar refractivity (Wildman–Crippen MR) is 140 cm³/mol. The average molecular weight is 646 g/mol. The fourth-order valence-corrected chi connectivity index (χ4v) is 5.99. The lowest BCUT2D eigenvalue weighted by Crippen LogP contribution is -2.41. The van der Waals surface area contributed by atoms with Crippen molar-refractivity contribution in [1.29, 1.82) is 0 Å². The molecule has 8 heteroatoms. The van der Waals surface area contributed by atoms with Gasteiger partial charge in [-0.15, -0.1) is 11.3 Å². The molecule has 0 bridgehead atoms. The number of carbonyl (C=O) groups excluding carboxylic acids is 1. The van der Waals surface area contributed by atoms with Crippen LogP contribution in [0.2, 0.25) is 0 Å². The molecule has 1 aromatic carbocycles. The van der Waals surface area contributed by atoms with E-state index in [4.69, 9.17) is 5.73 Å². The normalized spacial score (nSPS) is 14.0. The number of benzene rings is 1. The maximum Gasteiger partial charge on any atom is 0.261 e. The average Bonchev–Trinajstić information content (AvgIpc) is 3.33. The molecule has 0 aliphatic carbocycles. The molecule has 1 aliphatic rings. The molecule has 4 rings (SSSR count). The van der Waals surface area contributed by atoms with Crippen molar-refractivity contribution in [3.8, 4) is 11.3 Å². The van der Waals surface area contributed by atoms with Gasteiger partial charge in [0.1, 0.15) is 0 Å². The fourth-order valence-electron chi connectivity index (χ4n) is 3.82. The lowest BCUT2D eigenvalue weighted by molar-refractivity contribution is 0.0942. The Balaban J connectivity index is 1.52. The Kier molecular flexibility index (Phi) is 7.48. The first-order valence-electron chi connectivity index (χ1n) is 10.0. The first-order valence-corrected chi connectivity index (χ1v) is 13.9. The van der Waals surface area contributed by atoms with Crippen molar-refractivity contribution >= 4 is 62.4 Å². The summed E-state index contributed by atoms with van der Waals surface area (Å²) in [4.78, 5) is 15.1. The molecular weight excluding hydrogens is 622 g/mol. The number of halogens is 2. The highest BCUT2D eigenvalue weighted by Gasteiger charge is 2.24.